The highest BCUT2D eigenvalue weighted by atomic mass is 35.5. The third kappa shape index (κ3) is 5.52. The Kier molecular flexibility index (Phi) is 7.98. The predicted octanol–water partition coefficient (Wildman–Crippen LogP) is 3.05. The SMILES string of the molecule is N#Cc1ccc(OCC2(CNCCCO)CN(S(=O)(=O)c3ccc(Cl)cc3Cl)C2)cc1F. The highest BCUT2D eigenvalue weighted by molar-refractivity contribution is 7.89. The molecule has 1 fully saturated rings. The molecule has 0 bridgehead atoms. The summed E-state index contributed by atoms with van der Waals surface area (Å²) in [6.07, 6.45) is 0.556. The maximum absolute atomic E-state index is 13.9. The van der Waals surface area contributed by atoms with Crippen LogP contribution < -0.4 is 10.1 Å². The predicted molar refractivity (Wildman–Crippen MR) is 119 cm³/mol. The highest BCUT2D eigenvalue weighted by Gasteiger charge is 2.49. The van der Waals surface area contributed by atoms with Crippen LogP contribution in [-0.2, 0) is 10.0 Å². The largest absolute Gasteiger partial charge is 0.493 e. The topological polar surface area (TPSA) is 103 Å². The monoisotopic (exact) mass is 501 g/mol. The normalized spacial score (nSPS) is 15.7. The zero-order chi connectivity index (χ0) is 23.4. The Balaban J connectivity index is 1.73. The van der Waals surface area contributed by atoms with Crippen LogP contribution >= 0.6 is 23.2 Å². The molecule has 11 heteroatoms. The molecule has 0 aliphatic carbocycles. The highest BCUT2D eigenvalue weighted by Crippen LogP contribution is 2.37. The summed E-state index contributed by atoms with van der Waals surface area (Å²) in [7, 11) is -3.83. The van der Waals surface area contributed by atoms with Crippen LogP contribution in [0.15, 0.2) is 41.3 Å². The Labute approximate surface area is 196 Å². The summed E-state index contributed by atoms with van der Waals surface area (Å²) < 4.78 is 47.0. The number of rotatable bonds is 10. The van der Waals surface area contributed by atoms with Gasteiger partial charge in [-0.25, -0.2) is 12.8 Å². The number of hydrogen-bond acceptors (Lipinski definition) is 6. The summed E-state index contributed by atoms with van der Waals surface area (Å²) in [6.45, 7) is 1.49. The van der Waals surface area contributed by atoms with E-state index in [1.165, 1.54) is 34.6 Å². The van der Waals surface area contributed by atoms with Crippen LogP contribution in [0.1, 0.15) is 12.0 Å². The maximum atomic E-state index is 13.9. The number of hydrogen-bond donors (Lipinski definition) is 2. The van der Waals surface area contributed by atoms with Crippen molar-refractivity contribution < 1.29 is 22.7 Å². The minimum Gasteiger partial charge on any atom is -0.493 e. The number of nitriles is 1. The van der Waals surface area contributed by atoms with Crippen molar-refractivity contribution in [2.24, 2.45) is 5.41 Å². The van der Waals surface area contributed by atoms with Crippen LogP contribution in [0.4, 0.5) is 4.39 Å². The number of nitrogens with one attached hydrogen (secondary N) is 1. The fraction of sp³-hybridized carbons (Fsp3) is 0.381. The molecular formula is C21H22Cl2FN3O4S. The second-order valence-corrected chi connectivity index (χ2v) is 10.4. The molecule has 1 saturated heterocycles. The maximum Gasteiger partial charge on any atom is 0.244 e. The molecule has 0 atom stereocenters. The van der Waals surface area contributed by atoms with E-state index >= 15 is 0 Å². The quantitative estimate of drug-likeness (QED) is 0.485. The summed E-state index contributed by atoms with van der Waals surface area (Å²) in [5, 5.41) is 21.4. The van der Waals surface area contributed by atoms with Gasteiger partial charge in [-0.05, 0) is 43.3 Å². The summed E-state index contributed by atoms with van der Waals surface area (Å²) in [5.41, 5.74) is -0.648. The molecule has 1 aliphatic heterocycles. The van der Waals surface area contributed by atoms with Gasteiger partial charge in [0.05, 0.1) is 17.2 Å². The van der Waals surface area contributed by atoms with E-state index in [-0.39, 0.29) is 47.5 Å². The lowest BCUT2D eigenvalue weighted by Crippen LogP contribution is -2.64. The van der Waals surface area contributed by atoms with Crippen molar-refractivity contribution in [3.05, 3.63) is 57.8 Å². The number of aliphatic hydroxyl groups excluding tert-OH is 1. The lowest BCUT2D eigenvalue weighted by Gasteiger charge is -2.49. The lowest BCUT2D eigenvalue weighted by molar-refractivity contribution is 0.0192. The molecule has 0 saturated carbocycles. The Morgan fingerprint density at radius 1 is 1.25 bits per heavy atom. The molecular weight excluding hydrogens is 480 g/mol. The number of ether oxygens (including phenoxy) is 1. The van der Waals surface area contributed by atoms with Crippen LogP contribution in [0.3, 0.4) is 0 Å². The van der Waals surface area contributed by atoms with E-state index in [1.54, 1.807) is 6.07 Å². The van der Waals surface area contributed by atoms with Gasteiger partial charge in [0.2, 0.25) is 10.0 Å². The number of nitrogens with zero attached hydrogens (tertiary/aromatic N) is 2. The zero-order valence-corrected chi connectivity index (χ0v) is 19.4. The van der Waals surface area contributed by atoms with E-state index in [0.717, 1.165) is 6.07 Å². The van der Waals surface area contributed by atoms with Crippen LogP contribution in [0.2, 0.25) is 10.0 Å². The van der Waals surface area contributed by atoms with Gasteiger partial charge in [-0.3, -0.25) is 0 Å². The molecule has 2 aromatic carbocycles. The van der Waals surface area contributed by atoms with E-state index in [4.69, 9.17) is 38.3 Å². The molecule has 32 heavy (non-hydrogen) atoms. The minimum absolute atomic E-state index is 0.0273. The standard InChI is InChI=1S/C21H22Cl2FN3O4S/c22-16-3-5-20(18(23)8-16)32(29,30)27-12-21(13-27,11-26-6-1-7-28)14-31-17-4-2-15(10-25)19(24)9-17/h2-5,8-9,26,28H,1,6-7,11-14H2. The Morgan fingerprint density at radius 2 is 2.00 bits per heavy atom. The molecule has 0 radical (unpaired) electrons. The second-order valence-electron chi connectivity index (χ2n) is 7.64. The van der Waals surface area contributed by atoms with Crippen molar-refractivity contribution in [2.75, 3.05) is 39.4 Å². The van der Waals surface area contributed by atoms with Crippen molar-refractivity contribution in [1.82, 2.24) is 9.62 Å². The molecule has 1 aliphatic rings. The first-order valence-corrected chi connectivity index (χ1v) is 12.0. The fourth-order valence-electron chi connectivity index (χ4n) is 3.42. The minimum atomic E-state index is -3.83. The Morgan fingerprint density at radius 3 is 2.62 bits per heavy atom. The van der Waals surface area contributed by atoms with E-state index in [2.05, 4.69) is 5.32 Å². The number of benzene rings is 2. The molecule has 1 heterocycles. The van der Waals surface area contributed by atoms with Gasteiger partial charge in [-0.15, -0.1) is 0 Å². The average molecular weight is 502 g/mol. The van der Waals surface area contributed by atoms with Crippen molar-refractivity contribution in [2.45, 2.75) is 11.3 Å². The number of aliphatic hydroxyl groups is 1. The van der Waals surface area contributed by atoms with Crippen LogP contribution in [0, 0.1) is 22.6 Å². The lowest BCUT2D eigenvalue weighted by atomic mass is 9.82. The van der Waals surface area contributed by atoms with Crippen LogP contribution in [0.5, 0.6) is 5.75 Å². The molecule has 2 aromatic rings. The van der Waals surface area contributed by atoms with Crippen LogP contribution in [0.25, 0.3) is 0 Å². The summed E-state index contributed by atoms with van der Waals surface area (Å²) >= 11 is 12.0. The number of halogens is 3. The smallest absolute Gasteiger partial charge is 0.244 e. The van der Waals surface area contributed by atoms with E-state index < -0.39 is 21.3 Å². The molecule has 0 unspecified atom stereocenters. The average Bonchev–Trinajstić information content (AvgIpc) is 2.71. The van der Waals surface area contributed by atoms with Gasteiger partial charge in [0.15, 0.2) is 0 Å². The molecule has 172 valence electrons. The van der Waals surface area contributed by atoms with Crippen molar-refractivity contribution >= 4 is 33.2 Å². The van der Waals surface area contributed by atoms with E-state index in [9.17, 15) is 12.8 Å². The third-order valence-corrected chi connectivity index (χ3v) is 7.66. The summed E-state index contributed by atoms with van der Waals surface area (Å²) in [4.78, 5) is -0.0273. The van der Waals surface area contributed by atoms with Gasteiger partial charge < -0.3 is 15.2 Å². The van der Waals surface area contributed by atoms with Gasteiger partial charge in [0.25, 0.3) is 0 Å². The second kappa shape index (κ2) is 10.3. The molecule has 2 N–H and O–H groups in total. The summed E-state index contributed by atoms with van der Waals surface area (Å²) in [5.74, 6) is -0.436. The van der Waals surface area contributed by atoms with Crippen LogP contribution in [-0.4, -0.2) is 57.2 Å². The van der Waals surface area contributed by atoms with Crippen molar-refractivity contribution in [3.8, 4) is 11.8 Å². The first-order valence-electron chi connectivity index (χ1n) is 9.80. The zero-order valence-electron chi connectivity index (χ0n) is 17.0. The van der Waals surface area contributed by atoms with Crippen molar-refractivity contribution in [3.63, 3.8) is 0 Å². The van der Waals surface area contributed by atoms with E-state index in [0.29, 0.717) is 24.5 Å². The first kappa shape index (κ1) is 24.7. The molecule has 3 rings (SSSR count). The fourth-order valence-corrected chi connectivity index (χ4v) is 5.83. The molecule has 7 nitrogen and oxygen atoms in total. The first-order chi connectivity index (χ1) is 15.2. The van der Waals surface area contributed by atoms with Gasteiger partial charge in [-0.2, -0.15) is 9.57 Å². The molecule has 0 amide bonds. The Bertz CT molecular complexity index is 1120. The van der Waals surface area contributed by atoms with Gasteiger partial charge in [0, 0.05) is 42.7 Å². The van der Waals surface area contributed by atoms with E-state index in [1.807, 2.05) is 0 Å². The molecule has 0 spiro atoms. The van der Waals surface area contributed by atoms with Gasteiger partial charge in [0.1, 0.15) is 22.5 Å². The molecule has 0 aromatic heterocycles. The number of sulfonamides is 1. The van der Waals surface area contributed by atoms with Gasteiger partial charge in [-0.1, -0.05) is 23.2 Å². The summed E-state index contributed by atoms with van der Waals surface area (Å²) in [6, 6.07) is 9.92. The third-order valence-electron chi connectivity index (χ3n) is 5.15. The Hall–Kier alpha value is -1.93. The van der Waals surface area contributed by atoms with Gasteiger partial charge >= 0.3 is 0 Å². The van der Waals surface area contributed by atoms with Crippen molar-refractivity contribution in [1.29, 1.82) is 5.26 Å².